The molecule has 4 rings (SSSR count). The molecule has 0 saturated carbocycles. The molecule has 124 valence electrons. The number of rotatable bonds is 4. The summed E-state index contributed by atoms with van der Waals surface area (Å²) in [6.07, 6.45) is 3.37. The number of para-hydroxylation sites is 1. The molecule has 0 aliphatic rings. The molecule has 0 unspecified atom stereocenters. The Morgan fingerprint density at radius 3 is 2.64 bits per heavy atom. The number of benzene rings is 2. The molecule has 0 aliphatic carbocycles. The minimum Gasteiger partial charge on any atom is -0.293 e. The standard InChI is InChI=1S/C18H14ClN5O/c19-14-7-5-13(6-8-14)9-24-11-15(21-22-24)10-23-12-20-17-4-2-1-3-16(17)18(23)25/h1-8,11-12H,9-10H2. The molecule has 0 atom stereocenters. The SMILES string of the molecule is O=c1c2ccccc2ncn1Cc1cn(Cc2ccc(Cl)cc2)nn1. The van der Waals surface area contributed by atoms with Crippen molar-refractivity contribution in [2.24, 2.45) is 0 Å². The van der Waals surface area contributed by atoms with Gasteiger partial charge in [-0.15, -0.1) is 5.10 Å². The van der Waals surface area contributed by atoms with Gasteiger partial charge in [-0.25, -0.2) is 9.67 Å². The fourth-order valence-electron chi connectivity index (χ4n) is 2.66. The van der Waals surface area contributed by atoms with Crippen LogP contribution < -0.4 is 5.56 Å². The highest BCUT2D eigenvalue weighted by molar-refractivity contribution is 6.30. The third-order valence-electron chi connectivity index (χ3n) is 3.91. The van der Waals surface area contributed by atoms with Crippen molar-refractivity contribution in [1.29, 1.82) is 0 Å². The van der Waals surface area contributed by atoms with E-state index in [1.165, 1.54) is 0 Å². The molecule has 2 aromatic heterocycles. The number of nitrogens with zero attached hydrogens (tertiary/aromatic N) is 5. The fourth-order valence-corrected chi connectivity index (χ4v) is 2.78. The van der Waals surface area contributed by atoms with Crippen LogP contribution in [0.3, 0.4) is 0 Å². The zero-order chi connectivity index (χ0) is 17.2. The molecular weight excluding hydrogens is 338 g/mol. The highest BCUT2D eigenvalue weighted by Gasteiger charge is 2.07. The molecule has 2 heterocycles. The first-order valence-corrected chi connectivity index (χ1v) is 8.14. The Morgan fingerprint density at radius 1 is 1.00 bits per heavy atom. The summed E-state index contributed by atoms with van der Waals surface area (Å²) in [5, 5.41) is 9.56. The minimum absolute atomic E-state index is 0.0853. The van der Waals surface area contributed by atoms with E-state index in [0.29, 0.717) is 34.7 Å². The van der Waals surface area contributed by atoms with Crippen molar-refractivity contribution in [3.8, 4) is 0 Å². The quantitative estimate of drug-likeness (QED) is 0.567. The lowest BCUT2D eigenvalue weighted by atomic mass is 10.2. The topological polar surface area (TPSA) is 65.6 Å². The molecule has 0 amide bonds. The number of aromatic nitrogens is 5. The Balaban J connectivity index is 1.56. The van der Waals surface area contributed by atoms with Gasteiger partial charge in [-0.05, 0) is 29.8 Å². The van der Waals surface area contributed by atoms with E-state index in [0.717, 1.165) is 5.56 Å². The number of fused-ring (bicyclic) bond motifs is 1. The summed E-state index contributed by atoms with van der Waals surface area (Å²) < 4.78 is 3.27. The summed E-state index contributed by atoms with van der Waals surface area (Å²) in [5.74, 6) is 0. The zero-order valence-electron chi connectivity index (χ0n) is 13.2. The van der Waals surface area contributed by atoms with E-state index in [2.05, 4.69) is 15.3 Å². The molecule has 2 aromatic carbocycles. The van der Waals surface area contributed by atoms with Crippen molar-refractivity contribution >= 4 is 22.5 Å². The van der Waals surface area contributed by atoms with Gasteiger partial charge >= 0.3 is 0 Å². The van der Waals surface area contributed by atoms with Gasteiger partial charge in [-0.2, -0.15) is 0 Å². The Morgan fingerprint density at radius 2 is 1.80 bits per heavy atom. The van der Waals surface area contributed by atoms with E-state index in [4.69, 9.17) is 11.6 Å². The van der Waals surface area contributed by atoms with Gasteiger partial charge in [0.25, 0.3) is 5.56 Å². The Hall–Kier alpha value is -2.99. The normalized spacial score (nSPS) is 11.1. The lowest BCUT2D eigenvalue weighted by molar-refractivity contribution is 0.648. The van der Waals surface area contributed by atoms with Crippen molar-refractivity contribution in [2.75, 3.05) is 0 Å². The van der Waals surface area contributed by atoms with E-state index in [9.17, 15) is 4.79 Å². The van der Waals surface area contributed by atoms with E-state index < -0.39 is 0 Å². The van der Waals surface area contributed by atoms with Crippen molar-refractivity contribution in [1.82, 2.24) is 24.5 Å². The van der Waals surface area contributed by atoms with Crippen molar-refractivity contribution in [3.05, 3.63) is 87.7 Å². The third-order valence-corrected chi connectivity index (χ3v) is 4.16. The van der Waals surface area contributed by atoms with Gasteiger partial charge in [0.05, 0.1) is 36.5 Å². The molecule has 0 aliphatic heterocycles. The van der Waals surface area contributed by atoms with Crippen LogP contribution in [0.5, 0.6) is 0 Å². The zero-order valence-corrected chi connectivity index (χ0v) is 14.0. The second-order valence-corrected chi connectivity index (χ2v) is 6.17. The summed E-state index contributed by atoms with van der Waals surface area (Å²) in [7, 11) is 0. The maximum Gasteiger partial charge on any atom is 0.261 e. The monoisotopic (exact) mass is 351 g/mol. The number of hydrogen-bond acceptors (Lipinski definition) is 4. The number of hydrogen-bond donors (Lipinski definition) is 0. The Labute approximate surface area is 148 Å². The van der Waals surface area contributed by atoms with Crippen LogP contribution in [0.25, 0.3) is 10.9 Å². The van der Waals surface area contributed by atoms with Crippen LogP contribution in [0.1, 0.15) is 11.3 Å². The molecule has 0 spiro atoms. The third kappa shape index (κ3) is 3.29. The highest BCUT2D eigenvalue weighted by Crippen LogP contribution is 2.11. The first-order valence-electron chi connectivity index (χ1n) is 7.77. The summed E-state index contributed by atoms with van der Waals surface area (Å²) in [4.78, 5) is 16.8. The molecule has 0 saturated heterocycles. The number of halogens is 1. The Kier molecular flexibility index (Phi) is 4.03. The van der Waals surface area contributed by atoms with Gasteiger partial charge in [-0.3, -0.25) is 9.36 Å². The van der Waals surface area contributed by atoms with Crippen LogP contribution in [0.2, 0.25) is 5.02 Å². The van der Waals surface area contributed by atoms with Gasteiger partial charge in [0, 0.05) is 5.02 Å². The summed E-state index contributed by atoms with van der Waals surface area (Å²) in [5.41, 5.74) is 2.38. The second kappa shape index (κ2) is 6.49. The molecule has 0 radical (unpaired) electrons. The van der Waals surface area contributed by atoms with Crippen molar-refractivity contribution in [3.63, 3.8) is 0 Å². The maximum atomic E-state index is 12.5. The maximum absolute atomic E-state index is 12.5. The van der Waals surface area contributed by atoms with Gasteiger partial charge in [-0.1, -0.05) is 41.1 Å². The van der Waals surface area contributed by atoms with E-state index in [1.54, 1.807) is 21.6 Å². The van der Waals surface area contributed by atoms with E-state index >= 15 is 0 Å². The van der Waals surface area contributed by atoms with Crippen LogP contribution in [0, 0.1) is 0 Å². The highest BCUT2D eigenvalue weighted by atomic mass is 35.5. The molecule has 0 fully saturated rings. The second-order valence-electron chi connectivity index (χ2n) is 5.73. The minimum atomic E-state index is -0.0853. The molecular formula is C18H14ClN5O. The summed E-state index contributed by atoms with van der Waals surface area (Å²) in [6, 6.07) is 14.9. The lowest BCUT2D eigenvalue weighted by Gasteiger charge is -2.04. The van der Waals surface area contributed by atoms with Crippen molar-refractivity contribution < 1.29 is 0 Å². The molecule has 0 bridgehead atoms. The van der Waals surface area contributed by atoms with Gasteiger partial charge in [0.15, 0.2) is 0 Å². The first kappa shape index (κ1) is 15.5. The van der Waals surface area contributed by atoms with Crippen LogP contribution in [-0.2, 0) is 13.1 Å². The van der Waals surface area contributed by atoms with E-state index in [1.807, 2.05) is 48.7 Å². The van der Waals surface area contributed by atoms with Gasteiger partial charge in [0.2, 0.25) is 0 Å². The Bertz CT molecular complexity index is 1080. The molecule has 25 heavy (non-hydrogen) atoms. The van der Waals surface area contributed by atoms with Crippen LogP contribution in [-0.4, -0.2) is 24.5 Å². The summed E-state index contributed by atoms with van der Waals surface area (Å²) >= 11 is 5.89. The first-order chi connectivity index (χ1) is 12.2. The van der Waals surface area contributed by atoms with Crippen molar-refractivity contribution in [2.45, 2.75) is 13.1 Å². The van der Waals surface area contributed by atoms with E-state index in [-0.39, 0.29) is 5.56 Å². The fraction of sp³-hybridized carbons (Fsp3) is 0.111. The van der Waals surface area contributed by atoms with Gasteiger partial charge < -0.3 is 0 Å². The lowest BCUT2D eigenvalue weighted by Crippen LogP contribution is -2.21. The molecule has 7 heteroatoms. The average Bonchev–Trinajstić information content (AvgIpc) is 3.07. The molecule has 6 nitrogen and oxygen atoms in total. The van der Waals surface area contributed by atoms with Gasteiger partial charge in [0.1, 0.15) is 5.69 Å². The smallest absolute Gasteiger partial charge is 0.261 e. The molecule has 4 aromatic rings. The average molecular weight is 352 g/mol. The van der Waals surface area contributed by atoms with Crippen LogP contribution >= 0.6 is 11.6 Å². The predicted octanol–water partition coefficient (Wildman–Crippen LogP) is 2.74. The molecule has 0 N–H and O–H groups in total. The largest absolute Gasteiger partial charge is 0.293 e. The van der Waals surface area contributed by atoms with Crippen LogP contribution in [0.15, 0.2) is 65.8 Å². The van der Waals surface area contributed by atoms with Crippen LogP contribution in [0.4, 0.5) is 0 Å². The summed E-state index contributed by atoms with van der Waals surface area (Å²) in [6.45, 7) is 0.923. The predicted molar refractivity (Wildman–Crippen MR) is 95.7 cm³/mol.